The summed E-state index contributed by atoms with van der Waals surface area (Å²) in [6.45, 7) is 0. The molecule has 0 amide bonds. The summed E-state index contributed by atoms with van der Waals surface area (Å²) in [5, 5.41) is 13.4. The molecule has 1 saturated carbocycles. The van der Waals surface area contributed by atoms with Gasteiger partial charge < -0.3 is 14.7 Å². The smallest absolute Gasteiger partial charge is 0.458 e. The molecule has 0 saturated heterocycles. The van der Waals surface area contributed by atoms with E-state index in [1.54, 1.807) is 25.3 Å². The number of benzene rings is 1. The van der Waals surface area contributed by atoms with Gasteiger partial charge in [0.25, 0.3) is 0 Å². The number of fused-ring (bicyclic) bond motifs is 1. The van der Waals surface area contributed by atoms with Gasteiger partial charge in [-0.15, -0.1) is 0 Å². The first kappa shape index (κ1) is 15.9. The molecule has 0 bridgehead atoms. The third-order valence-electron chi connectivity index (χ3n) is 4.22. The van der Waals surface area contributed by atoms with Crippen LogP contribution >= 0.6 is 0 Å². The molecule has 0 radical (unpaired) electrons. The highest BCUT2D eigenvalue weighted by molar-refractivity contribution is 6.06. The monoisotopic (exact) mass is 327 g/mol. The number of oxime groups is 1. The predicted molar refractivity (Wildman–Crippen MR) is 77.8 cm³/mol. The second-order valence-corrected chi connectivity index (χ2v) is 5.65. The van der Waals surface area contributed by atoms with Crippen LogP contribution < -0.4 is 4.74 Å². The van der Waals surface area contributed by atoms with Crippen molar-refractivity contribution in [3.63, 3.8) is 0 Å². The minimum Gasteiger partial charge on any atom is -0.497 e. The summed E-state index contributed by atoms with van der Waals surface area (Å²) in [5.41, 5.74) is 1.67. The number of ether oxygens (including phenoxy) is 1. The van der Waals surface area contributed by atoms with Crippen LogP contribution in [0.5, 0.6) is 5.75 Å². The van der Waals surface area contributed by atoms with Crippen molar-refractivity contribution in [2.45, 2.75) is 31.2 Å². The summed E-state index contributed by atoms with van der Waals surface area (Å²) >= 11 is 0. The van der Waals surface area contributed by atoms with Crippen LogP contribution in [0.2, 0.25) is 0 Å². The number of hydrogen-bond donors (Lipinski definition) is 1. The number of rotatable bonds is 2. The third-order valence-corrected chi connectivity index (χ3v) is 4.22. The van der Waals surface area contributed by atoms with Gasteiger partial charge in [0.1, 0.15) is 5.75 Å². The molecule has 2 aliphatic rings. The van der Waals surface area contributed by atoms with Crippen molar-refractivity contribution in [3.8, 4) is 5.75 Å². The molecule has 1 aliphatic heterocycles. The van der Waals surface area contributed by atoms with Crippen LogP contribution in [0, 0.1) is 5.92 Å². The standard InChI is InChI=1S/C16H16F3NO3/c1-22-12-7-5-10(6-8-12)9-11-3-2-4-13-14(11)20-23-15(13,21)16(17,18)19/h5-9,13,21H,2-4H2,1H3. The fourth-order valence-corrected chi connectivity index (χ4v) is 2.97. The lowest BCUT2D eigenvalue weighted by Crippen LogP contribution is -2.52. The van der Waals surface area contributed by atoms with Crippen molar-refractivity contribution in [1.82, 2.24) is 0 Å². The van der Waals surface area contributed by atoms with Gasteiger partial charge in [-0.2, -0.15) is 13.2 Å². The Kier molecular flexibility index (Phi) is 3.83. The largest absolute Gasteiger partial charge is 0.497 e. The number of hydrogen-bond acceptors (Lipinski definition) is 4. The van der Waals surface area contributed by atoms with Crippen LogP contribution in [0.3, 0.4) is 0 Å². The Morgan fingerprint density at radius 2 is 2.04 bits per heavy atom. The third kappa shape index (κ3) is 2.69. The molecule has 124 valence electrons. The molecule has 3 rings (SSSR count). The average Bonchev–Trinajstić information content (AvgIpc) is 2.88. The lowest BCUT2D eigenvalue weighted by molar-refractivity contribution is -0.370. The van der Waals surface area contributed by atoms with E-state index in [1.807, 2.05) is 12.1 Å². The average molecular weight is 327 g/mol. The van der Waals surface area contributed by atoms with E-state index in [4.69, 9.17) is 4.74 Å². The van der Waals surface area contributed by atoms with E-state index in [0.29, 0.717) is 24.2 Å². The zero-order valence-electron chi connectivity index (χ0n) is 12.4. The molecule has 0 spiro atoms. The number of halogens is 3. The van der Waals surface area contributed by atoms with Crippen LogP contribution in [0.25, 0.3) is 6.08 Å². The quantitative estimate of drug-likeness (QED) is 0.904. The Morgan fingerprint density at radius 1 is 1.35 bits per heavy atom. The number of aliphatic hydroxyl groups is 1. The van der Waals surface area contributed by atoms with Crippen LogP contribution in [0.1, 0.15) is 24.8 Å². The molecule has 1 fully saturated rings. The maximum atomic E-state index is 13.1. The van der Waals surface area contributed by atoms with Gasteiger partial charge in [0, 0.05) is 0 Å². The lowest BCUT2D eigenvalue weighted by Gasteiger charge is -2.32. The Hall–Kier alpha value is -2.02. The molecule has 1 heterocycles. The molecule has 1 aliphatic carbocycles. The van der Waals surface area contributed by atoms with Gasteiger partial charge >= 0.3 is 12.0 Å². The fraction of sp³-hybridized carbons (Fsp3) is 0.438. The van der Waals surface area contributed by atoms with Gasteiger partial charge in [-0.05, 0) is 48.6 Å². The Morgan fingerprint density at radius 3 is 2.65 bits per heavy atom. The summed E-state index contributed by atoms with van der Waals surface area (Å²) < 4.78 is 44.3. The van der Waals surface area contributed by atoms with Crippen molar-refractivity contribution in [1.29, 1.82) is 0 Å². The zero-order valence-corrected chi connectivity index (χ0v) is 12.4. The molecule has 4 nitrogen and oxygen atoms in total. The number of alkyl halides is 3. The summed E-state index contributed by atoms with van der Waals surface area (Å²) in [4.78, 5) is 4.41. The topological polar surface area (TPSA) is 51.0 Å². The fourth-order valence-electron chi connectivity index (χ4n) is 2.97. The van der Waals surface area contributed by atoms with Gasteiger partial charge in [-0.3, -0.25) is 0 Å². The minimum atomic E-state index is -4.88. The highest BCUT2D eigenvalue weighted by Crippen LogP contribution is 2.47. The molecular formula is C16H16F3NO3. The molecule has 7 heteroatoms. The molecule has 1 aromatic carbocycles. The van der Waals surface area contributed by atoms with Gasteiger partial charge in [-0.25, -0.2) is 0 Å². The molecule has 23 heavy (non-hydrogen) atoms. The van der Waals surface area contributed by atoms with Crippen molar-refractivity contribution < 1.29 is 27.9 Å². The van der Waals surface area contributed by atoms with E-state index in [9.17, 15) is 18.3 Å². The summed E-state index contributed by atoms with van der Waals surface area (Å²) in [5.74, 6) is -3.70. The Bertz CT molecular complexity index is 652. The minimum absolute atomic E-state index is 0.187. The van der Waals surface area contributed by atoms with E-state index in [1.165, 1.54) is 0 Å². The number of nitrogens with zero attached hydrogens (tertiary/aromatic N) is 1. The maximum Gasteiger partial charge on any atom is 0.458 e. The molecule has 1 aromatic rings. The summed E-state index contributed by atoms with van der Waals surface area (Å²) in [6, 6.07) is 7.15. The van der Waals surface area contributed by atoms with Gasteiger partial charge in [0.05, 0.1) is 18.7 Å². The second-order valence-electron chi connectivity index (χ2n) is 5.65. The van der Waals surface area contributed by atoms with Gasteiger partial charge in [0.2, 0.25) is 0 Å². The first-order chi connectivity index (χ1) is 10.8. The van der Waals surface area contributed by atoms with E-state index in [-0.39, 0.29) is 12.1 Å². The molecule has 2 atom stereocenters. The molecule has 2 unspecified atom stereocenters. The highest BCUT2D eigenvalue weighted by Gasteiger charge is 2.66. The van der Waals surface area contributed by atoms with Crippen LogP contribution in [-0.2, 0) is 4.84 Å². The van der Waals surface area contributed by atoms with E-state index >= 15 is 0 Å². The lowest BCUT2D eigenvalue weighted by atomic mass is 9.78. The maximum absolute atomic E-state index is 13.1. The van der Waals surface area contributed by atoms with E-state index < -0.39 is 17.9 Å². The van der Waals surface area contributed by atoms with Crippen molar-refractivity contribution in [2.75, 3.05) is 7.11 Å². The van der Waals surface area contributed by atoms with Crippen LogP contribution in [0.15, 0.2) is 35.0 Å². The predicted octanol–water partition coefficient (Wildman–Crippen LogP) is 3.52. The van der Waals surface area contributed by atoms with E-state index in [0.717, 1.165) is 5.56 Å². The molecule has 0 aromatic heterocycles. The van der Waals surface area contributed by atoms with Crippen molar-refractivity contribution in [2.24, 2.45) is 11.1 Å². The Labute approximate surface area is 131 Å². The first-order valence-electron chi connectivity index (χ1n) is 7.25. The number of methoxy groups -OCH3 is 1. The normalized spacial score (nSPS) is 29.0. The molecule has 1 N–H and O–H groups in total. The SMILES string of the molecule is COc1ccc(C=C2CCCC3C2=NOC3(O)C(F)(F)F)cc1. The second kappa shape index (κ2) is 5.56. The Balaban J connectivity index is 1.89. The summed E-state index contributed by atoms with van der Waals surface area (Å²) in [6.07, 6.45) is -1.79. The van der Waals surface area contributed by atoms with Gasteiger partial charge in [0.15, 0.2) is 0 Å². The highest BCUT2D eigenvalue weighted by atomic mass is 19.4. The van der Waals surface area contributed by atoms with Crippen LogP contribution in [-0.4, -0.2) is 29.9 Å². The van der Waals surface area contributed by atoms with E-state index in [2.05, 4.69) is 9.99 Å². The van der Waals surface area contributed by atoms with Gasteiger partial charge in [-0.1, -0.05) is 17.3 Å². The number of allylic oxidation sites excluding steroid dienone is 1. The van der Waals surface area contributed by atoms with Crippen LogP contribution in [0.4, 0.5) is 13.2 Å². The molecular weight excluding hydrogens is 311 g/mol. The summed E-state index contributed by atoms with van der Waals surface area (Å²) in [7, 11) is 1.56. The van der Waals surface area contributed by atoms with Crippen molar-refractivity contribution in [3.05, 3.63) is 35.4 Å². The first-order valence-corrected chi connectivity index (χ1v) is 7.25. The zero-order chi connectivity index (χ0) is 16.7. The van der Waals surface area contributed by atoms with Crippen molar-refractivity contribution >= 4 is 11.8 Å².